The Morgan fingerprint density at radius 2 is 2.58 bits per heavy atom. The van der Waals surface area contributed by atoms with E-state index >= 15 is 0 Å². The quantitative estimate of drug-likeness (QED) is 0.601. The summed E-state index contributed by atoms with van der Waals surface area (Å²) in [6.07, 6.45) is 1.16. The lowest BCUT2D eigenvalue weighted by Gasteiger charge is -2.23. The molecule has 1 aliphatic rings. The Bertz CT molecular complexity index is 244. The van der Waals surface area contributed by atoms with Gasteiger partial charge in [0.1, 0.15) is 12.6 Å². The lowest BCUT2D eigenvalue weighted by Crippen LogP contribution is -2.47. The number of alkyl halides is 1. The summed E-state index contributed by atoms with van der Waals surface area (Å²) in [6.45, 7) is -0.775. The van der Waals surface area contributed by atoms with Crippen molar-refractivity contribution in [2.24, 2.45) is 10.9 Å². The molecule has 0 aromatic carbocycles. The standard InChI is InChI=1S/C6H7FN2O2S/c7-1-4-3(5(10)11)2-8-6(12)9-4/h2-4H,1H2,(H,9,12)(H,10,11). The molecule has 0 bridgehead atoms. The molecule has 0 aromatic rings. The van der Waals surface area contributed by atoms with Crippen LogP contribution in [0.3, 0.4) is 0 Å². The molecule has 0 aromatic heterocycles. The van der Waals surface area contributed by atoms with E-state index in [4.69, 9.17) is 5.11 Å². The van der Waals surface area contributed by atoms with Crippen molar-refractivity contribution in [2.45, 2.75) is 6.04 Å². The molecule has 0 saturated carbocycles. The van der Waals surface area contributed by atoms with Crippen molar-refractivity contribution < 1.29 is 14.3 Å². The number of aliphatic carboxylic acids is 1. The summed E-state index contributed by atoms with van der Waals surface area (Å²) >= 11 is 4.62. The Hall–Kier alpha value is -1.04. The molecule has 0 saturated heterocycles. The number of rotatable bonds is 2. The molecule has 0 aliphatic carbocycles. The molecular formula is C6H7FN2O2S. The maximum Gasteiger partial charge on any atom is 0.314 e. The number of nitrogens with one attached hydrogen (secondary N) is 1. The minimum Gasteiger partial charge on any atom is -0.481 e. The van der Waals surface area contributed by atoms with Crippen LogP contribution in [0.25, 0.3) is 0 Å². The third-order valence-electron chi connectivity index (χ3n) is 1.55. The summed E-state index contributed by atoms with van der Waals surface area (Å²) < 4.78 is 12.2. The van der Waals surface area contributed by atoms with E-state index in [1.807, 2.05) is 0 Å². The van der Waals surface area contributed by atoms with Crippen molar-refractivity contribution in [3.8, 4) is 0 Å². The number of carboxylic acid groups (broad SMARTS) is 1. The Labute approximate surface area is 73.5 Å². The normalized spacial score (nSPS) is 28.2. The van der Waals surface area contributed by atoms with Crippen LogP contribution in [0.5, 0.6) is 0 Å². The smallest absolute Gasteiger partial charge is 0.314 e. The number of nitrogens with zero attached hydrogens (tertiary/aromatic N) is 1. The fraction of sp³-hybridized carbons (Fsp3) is 0.500. The van der Waals surface area contributed by atoms with Gasteiger partial charge in [0.25, 0.3) is 0 Å². The topological polar surface area (TPSA) is 61.7 Å². The summed E-state index contributed by atoms with van der Waals surface area (Å²) in [7, 11) is 0. The number of carboxylic acids is 1. The first-order valence-corrected chi connectivity index (χ1v) is 3.69. The molecule has 0 spiro atoms. The van der Waals surface area contributed by atoms with Gasteiger partial charge in [-0.3, -0.25) is 4.79 Å². The highest BCUT2D eigenvalue weighted by Crippen LogP contribution is 2.07. The second kappa shape index (κ2) is 3.57. The van der Waals surface area contributed by atoms with Gasteiger partial charge in [0.15, 0.2) is 5.11 Å². The van der Waals surface area contributed by atoms with Gasteiger partial charge < -0.3 is 10.4 Å². The maximum atomic E-state index is 12.2. The zero-order valence-corrected chi connectivity index (χ0v) is 6.84. The Balaban J connectivity index is 2.78. The van der Waals surface area contributed by atoms with E-state index in [1.165, 1.54) is 0 Å². The third kappa shape index (κ3) is 1.76. The molecule has 1 aliphatic heterocycles. The molecule has 2 atom stereocenters. The number of thiocarbonyl (C=S) groups is 1. The van der Waals surface area contributed by atoms with Crippen molar-refractivity contribution in [3.05, 3.63) is 0 Å². The van der Waals surface area contributed by atoms with Gasteiger partial charge in [0, 0.05) is 6.21 Å². The second-order valence-corrected chi connectivity index (χ2v) is 2.74. The molecule has 0 amide bonds. The molecule has 1 rings (SSSR count). The van der Waals surface area contributed by atoms with E-state index in [1.54, 1.807) is 0 Å². The highest BCUT2D eigenvalue weighted by molar-refractivity contribution is 7.80. The van der Waals surface area contributed by atoms with Crippen LogP contribution in [0.4, 0.5) is 4.39 Å². The van der Waals surface area contributed by atoms with Gasteiger partial charge in [-0.25, -0.2) is 9.38 Å². The van der Waals surface area contributed by atoms with Gasteiger partial charge in [-0.1, -0.05) is 0 Å². The van der Waals surface area contributed by atoms with E-state index < -0.39 is 24.6 Å². The Morgan fingerprint density at radius 3 is 3.08 bits per heavy atom. The highest BCUT2D eigenvalue weighted by Gasteiger charge is 2.29. The summed E-state index contributed by atoms with van der Waals surface area (Å²) in [5.41, 5.74) is 0. The maximum absolute atomic E-state index is 12.2. The van der Waals surface area contributed by atoms with Crippen molar-refractivity contribution >= 4 is 29.5 Å². The monoisotopic (exact) mass is 190 g/mol. The lowest BCUT2D eigenvalue weighted by atomic mass is 10.0. The molecule has 4 nitrogen and oxygen atoms in total. The van der Waals surface area contributed by atoms with Crippen LogP contribution in [0.1, 0.15) is 0 Å². The van der Waals surface area contributed by atoms with Gasteiger partial charge in [-0.05, 0) is 12.2 Å². The van der Waals surface area contributed by atoms with Crippen LogP contribution < -0.4 is 5.32 Å². The van der Waals surface area contributed by atoms with E-state index in [-0.39, 0.29) is 5.11 Å². The number of hydrogen-bond acceptors (Lipinski definition) is 2. The van der Waals surface area contributed by atoms with Gasteiger partial charge in [-0.2, -0.15) is 0 Å². The number of halogens is 1. The van der Waals surface area contributed by atoms with Crippen LogP contribution in [0.15, 0.2) is 4.99 Å². The average molecular weight is 190 g/mol. The Morgan fingerprint density at radius 1 is 1.92 bits per heavy atom. The number of hydrogen-bond donors (Lipinski definition) is 2. The summed E-state index contributed by atoms with van der Waals surface area (Å²) in [5, 5.41) is 11.2. The predicted octanol–water partition coefficient (Wildman–Crippen LogP) is -0.0158. The summed E-state index contributed by atoms with van der Waals surface area (Å²) in [4.78, 5) is 14.1. The van der Waals surface area contributed by atoms with Crippen molar-refractivity contribution in [1.29, 1.82) is 0 Å². The van der Waals surface area contributed by atoms with Crippen LogP contribution >= 0.6 is 12.2 Å². The summed E-state index contributed by atoms with van der Waals surface area (Å²) in [6, 6.07) is -0.785. The average Bonchev–Trinajstić information content (AvgIpc) is 2.03. The number of carbonyl (C=O) groups is 1. The molecule has 1 heterocycles. The highest BCUT2D eigenvalue weighted by atomic mass is 32.1. The van der Waals surface area contributed by atoms with Gasteiger partial charge in [0.2, 0.25) is 0 Å². The molecule has 6 heteroatoms. The van der Waals surface area contributed by atoms with Gasteiger partial charge in [-0.15, -0.1) is 0 Å². The first-order valence-electron chi connectivity index (χ1n) is 3.28. The second-order valence-electron chi connectivity index (χ2n) is 2.35. The zero-order valence-electron chi connectivity index (χ0n) is 6.03. The van der Waals surface area contributed by atoms with Crippen molar-refractivity contribution in [2.75, 3.05) is 6.67 Å². The van der Waals surface area contributed by atoms with Gasteiger partial charge in [0.05, 0.1) is 6.04 Å². The molecule has 0 fully saturated rings. The fourth-order valence-corrected chi connectivity index (χ4v) is 1.12. The van der Waals surface area contributed by atoms with Crippen LogP contribution in [0, 0.1) is 5.92 Å². The zero-order chi connectivity index (χ0) is 9.14. The van der Waals surface area contributed by atoms with E-state index in [0.717, 1.165) is 6.21 Å². The summed E-state index contributed by atoms with van der Waals surface area (Å²) in [5.74, 6) is -2.03. The predicted molar refractivity (Wildman–Crippen MR) is 45.1 cm³/mol. The lowest BCUT2D eigenvalue weighted by molar-refractivity contribution is -0.140. The Kier molecular flexibility index (Phi) is 2.69. The minimum absolute atomic E-state index is 0.134. The van der Waals surface area contributed by atoms with E-state index in [0.29, 0.717) is 0 Å². The first-order chi connectivity index (χ1) is 5.65. The van der Waals surface area contributed by atoms with E-state index in [9.17, 15) is 9.18 Å². The number of aliphatic imine (C=N–C) groups is 1. The van der Waals surface area contributed by atoms with Crippen molar-refractivity contribution in [1.82, 2.24) is 5.32 Å². The SMILES string of the molecule is O=C(O)C1C=NC(=S)NC1CF. The molecular weight excluding hydrogens is 183 g/mol. The third-order valence-corrected chi connectivity index (χ3v) is 1.77. The van der Waals surface area contributed by atoms with Crippen LogP contribution in [-0.2, 0) is 4.79 Å². The molecule has 2 unspecified atom stereocenters. The first kappa shape index (κ1) is 9.05. The van der Waals surface area contributed by atoms with Crippen LogP contribution in [0.2, 0.25) is 0 Å². The fourth-order valence-electron chi connectivity index (χ4n) is 0.908. The van der Waals surface area contributed by atoms with E-state index in [2.05, 4.69) is 22.5 Å². The largest absolute Gasteiger partial charge is 0.481 e. The molecule has 12 heavy (non-hydrogen) atoms. The molecule has 2 N–H and O–H groups in total. The molecule has 0 radical (unpaired) electrons. The van der Waals surface area contributed by atoms with Crippen LogP contribution in [-0.4, -0.2) is 35.1 Å². The van der Waals surface area contributed by atoms with Gasteiger partial charge >= 0.3 is 5.97 Å². The minimum atomic E-state index is -1.10. The van der Waals surface area contributed by atoms with Crippen molar-refractivity contribution in [3.63, 3.8) is 0 Å². The molecule has 66 valence electrons.